The molecule has 0 spiro atoms. The molecule has 2 saturated heterocycles. The first kappa shape index (κ1) is 12.4. The van der Waals surface area contributed by atoms with E-state index in [0.717, 1.165) is 18.4 Å². The predicted molar refractivity (Wildman–Crippen MR) is 76.0 cm³/mol. The van der Waals surface area contributed by atoms with E-state index in [1.807, 2.05) is 0 Å². The maximum absolute atomic E-state index is 4.43. The zero-order chi connectivity index (χ0) is 12.4. The largest absolute Gasteiger partial charge is 0.317 e. The fourth-order valence-corrected chi connectivity index (χ4v) is 3.76. The molecule has 0 aromatic heterocycles. The summed E-state index contributed by atoms with van der Waals surface area (Å²) in [6.07, 6.45) is 8.58. The van der Waals surface area contributed by atoms with Crippen molar-refractivity contribution in [1.29, 1.82) is 0 Å². The van der Waals surface area contributed by atoms with Crippen molar-refractivity contribution >= 4 is 6.21 Å². The van der Waals surface area contributed by atoms with Gasteiger partial charge >= 0.3 is 0 Å². The van der Waals surface area contributed by atoms with Crippen LogP contribution in [0.5, 0.6) is 0 Å². The summed E-state index contributed by atoms with van der Waals surface area (Å²) in [5.41, 5.74) is 2.93. The van der Waals surface area contributed by atoms with Crippen molar-refractivity contribution in [3.63, 3.8) is 0 Å². The van der Waals surface area contributed by atoms with E-state index >= 15 is 0 Å². The zero-order valence-electron chi connectivity index (χ0n) is 11.5. The van der Waals surface area contributed by atoms with Crippen molar-refractivity contribution in [2.75, 3.05) is 26.2 Å². The van der Waals surface area contributed by atoms with Crippen molar-refractivity contribution in [3.05, 3.63) is 11.3 Å². The third-order valence-corrected chi connectivity index (χ3v) is 4.91. The number of hydrogen-bond acceptors (Lipinski definition) is 3. The minimum absolute atomic E-state index is 0.811. The maximum Gasteiger partial charge on any atom is 0.0367 e. The van der Waals surface area contributed by atoms with Crippen molar-refractivity contribution in [3.8, 4) is 0 Å². The molecule has 0 saturated carbocycles. The molecule has 0 aromatic rings. The van der Waals surface area contributed by atoms with Crippen LogP contribution in [0.15, 0.2) is 16.3 Å². The highest BCUT2D eigenvalue weighted by atomic mass is 15.2. The molecule has 3 rings (SSSR count). The number of hydrogen-bond donors (Lipinski definition) is 1. The van der Waals surface area contributed by atoms with Crippen LogP contribution < -0.4 is 5.32 Å². The second kappa shape index (κ2) is 5.54. The van der Waals surface area contributed by atoms with Gasteiger partial charge in [0.25, 0.3) is 0 Å². The molecule has 0 bridgehead atoms. The third kappa shape index (κ3) is 2.52. The molecule has 0 aliphatic carbocycles. The number of piperidine rings is 2. The normalized spacial score (nSPS) is 28.3. The smallest absolute Gasteiger partial charge is 0.0367 e. The van der Waals surface area contributed by atoms with Gasteiger partial charge in [-0.05, 0) is 70.3 Å². The zero-order valence-corrected chi connectivity index (χ0v) is 11.5. The van der Waals surface area contributed by atoms with Crippen LogP contribution in [0.25, 0.3) is 0 Å². The summed E-state index contributed by atoms with van der Waals surface area (Å²) < 4.78 is 0. The van der Waals surface area contributed by atoms with Crippen molar-refractivity contribution in [2.24, 2.45) is 10.9 Å². The molecule has 0 atom stereocenters. The Morgan fingerprint density at radius 2 is 1.89 bits per heavy atom. The van der Waals surface area contributed by atoms with E-state index in [1.165, 1.54) is 57.6 Å². The first-order valence-corrected chi connectivity index (χ1v) is 7.51. The first-order chi connectivity index (χ1) is 8.84. The van der Waals surface area contributed by atoms with E-state index in [9.17, 15) is 0 Å². The van der Waals surface area contributed by atoms with Gasteiger partial charge in [-0.1, -0.05) is 0 Å². The van der Waals surface area contributed by atoms with Crippen molar-refractivity contribution in [1.82, 2.24) is 10.2 Å². The SMILES string of the molecule is CC1=C(C2CCN(C3CCNCC3)CC2)CC=N1. The van der Waals surface area contributed by atoms with Gasteiger partial charge < -0.3 is 10.2 Å². The lowest BCUT2D eigenvalue weighted by Crippen LogP contribution is -2.46. The fraction of sp³-hybridized carbons (Fsp3) is 0.800. The Bertz CT molecular complexity index is 345. The molecule has 3 nitrogen and oxygen atoms in total. The fourth-order valence-electron chi connectivity index (χ4n) is 3.76. The lowest BCUT2D eigenvalue weighted by molar-refractivity contribution is 0.119. The average molecular weight is 247 g/mol. The number of aliphatic imine (C=N–C) groups is 1. The molecule has 0 radical (unpaired) electrons. The Labute approximate surface area is 110 Å². The van der Waals surface area contributed by atoms with E-state index in [4.69, 9.17) is 0 Å². The molecule has 0 unspecified atom stereocenters. The molecule has 3 aliphatic heterocycles. The highest BCUT2D eigenvalue weighted by molar-refractivity contribution is 5.67. The predicted octanol–water partition coefficient (Wildman–Crippen LogP) is 2.20. The van der Waals surface area contributed by atoms with Crippen LogP contribution >= 0.6 is 0 Å². The van der Waals surface area contributed by atoms with Crippen LogP contribution in [-0.2, 0) is 0 Å². The van der Waals surface area contributed by atoms with E-state index < -0.39 is 0 Å². The van der Waals surface area contributed by atoms with Gasteiger partial charge in [0.2, 0.25) is 0 Å². The Kier molecular flexibility index (Phi) is 3.80. The van der Waals surface area contributed by atoms with Crippen LogP contribution in [0.3, 0.4) is 0 Å². The Morgan fingerprint density at radius 1 is 1.17 bits per heavy atom. The number of rotatable bonds is 2. The van der Waals surface area contributed by atoms with Crippen molar-refractivity contribution < 1.29 is 0 Å². The summed E-state index contributed by atoms with van der Waals surface area (Å²) in [6, 6.07) is 0.849. The number of nitrogens with zero attached hydrogens (tertiary/aromatic N) is 2. The van der Waals surface area contributed by atoms with Gasteiger partial charge in [-0.3, -0.25) is 4.99 Å². The average Bonchev–Trinajstić information content (AvgIpc) is 2.86. The Balaban J connectivity index is 1.53. The van der Waals surface area contributed by atoms with Crippen LogP contribution in [0.2, 0.25) is 0 Å². The minimum Gasteiger partial charge on any atom is -0.317 e. The van der Waals surface area contributed by atoms with Gasteiger partial charge in [-0.2, -0.15) is 0 Å². The molecule has 3 aliphatic rings. The van der Waals surface area contributed by atoms with E-state index in [-0.39, 0.29) is 0 Å². The summed E-state index contributed by atoms with van der Waals surface area (Å²) in [4.78, 5) is 7.17. The highest BCUT2D eigenvalue weighted by Crippen LogP contribution is 2.32. The number of likely N-dealkylation sites (tertiary alicyclic amines) is 1. The van der Waals surface area contributed by atoms with Gasteiger partial charge in [-0.25, -0.2) is 0 Å². The first-order valence-electron chi connectivity index (χ1n) is 7.51. The summed E-state index contributed by atoms with van der Waals surface area (Å²) in [6.45, 7) is 7.20. The summed E-state index contributed by atoms with van der Waals surface area (Å²) >= 11 is 0. The molecule has 1 N–H and O–H groups in total. The maximum atomic E-state index is 4.43. The highest BCUT2D eigenvalue weighted by Gasteiger charge is 2.28. The van der Waals surface area contributed by atoms with Crippen LogP contribution in [0, 0.1) is 5.92 Å². The molecule has 0 amide bonds. The monoisotopic (exact) mass is 247 g/mol. The van der Waals surface area contributed by atoms with E-state index in [1.54, 1.807) is 5.57 Å². The van der Waals surface area contributed by atoms with E-state index in [2.05, 4.69) is 28.3 Å². The van der Waals surface area contributed by atoms with Crippen LogP contribution in [-0.4, -0.2) is 43.3 Å². The number of nitrogens with one attached hydrogen (secondary N) is 1. The molecule has 3 heterocycles. The number of allylic oxidation sites excluding steroid dienone is 2. The van der Waals surface area contributed by atoms with Crippen LogP contribution in [0.4, 0.5) is 0 Å². The van der Waals surface area contributed by atoms with Gasteiger partial charge in [0.1, 0.15) is 0 Å². The Hall–Kier alpha value is -0.670. The minimum atomic E-state index is 0.811. The molecular formula is C15H25N3. The summed E-state index contributed by atoms with van der Waals surface area (Å²) in [5.74, 6) is 0.811. The van der Waals surface area contributed by atoms with E-state index in [0.29, 0.717) is 0 Å². The standard InChI is InChI=1S/C15H25N3/c1-12-15(4-9-17-12)13-5-10-18(11-6-13)14-2-7-16-8-3-14/h9,13-14,16H,2-8,10-11H2,1H3. The molecular weight excluding hydrogens is 222 g/mol. The quantitative estimate of drug-likeness (QED) is 0.810. The third-order valence-electron chi connectivity index (χ3n) is 4.91. The van der Waals surface area contributed by atoms with Crippen molar-refractivity contribution in [2.45, 2.75) is 45.1 Å². The molecule has 2 fully saturated rings. The van der Waals surface area contributed by atoms with Crippen LogP contribution in [0.1, 0.15) is 39.0 Å². The van der Waals surface area contributed by atoms with Gasteiger partial charge in [0, 0.05) is 24.4 Å². The topological polar surface area (TPSA) is 27.6 Å². The molecule has 18 heavy (non-hydrogen) atoms. The van der Waals surface area contributed by atoms with Gasteiger partial charge in [0.05, 0.1) is 0 Å². The lowest BCUT2D eigenvalue weighted by atomic mass is 9.86. The second-order valence-corrected chi connectivity index (χ2v) is 5.92. The summed E-state index contributed by atoms with van der Waals surface area (Å²) in [7, 11) is 0. The second-order valence-electron chi connectivity index (χ2n) is 5.92. The molecule has 3 heteroatoms. The Morgan fingerprint density at radius 3 is 2.50 bits per heavy atom. The molecule has 0 aromatic carbocycles. The summed E-state index contributed by atoms with van der Waals surface area (Å²) in [5, 5.41) is 3.46. The molecule has 100 valence electrons. The lowest BCUT2D eigenvalue weighted by Gasteiger charge is -2.39. The van der Waals surface area contributed by atoms with Gasteiger partial charge in [0.15, 0.2) is 0 Å². The van der Waals surface area contributed by atoms with Gasteiger partial charge in [-0.15, -0.1) is 0 Å².